The molecule has 180 valence electrons. The standard InChI is InChI=1S/C22H17F6N3O3/c23-21(24,25)13-6-4-12(5-7-13)18(32)19(33)30-10-8-14(9-11-30)31-17-15(22(26,27)28)2-1-3-16(17)29-20(31)34/h1-7,14H,8-11H2,(H,29,34). The maximum Gasteiger partial charge on any atom is 0.418 e. The van der Waals surface area contributed by atoms with Gasteiger partial charge >= 0.3 is 18.0 Å². The first kappa shape index (κ1) is 23.6. The molecule has 1 N–H and O–H groups in total. The number of Topliss-reactive ketones (excluding diaryl/α,β-unsaturated/α-hetero) is 1. The number of hydrogen-bond acceptors (Lipinski definition) is 3. The molecule has 0 spiro atoms. The minimum atomic E-state index is -4.68. The van der Waals surface area contributed by atoms with E-state index in [2.05, 4.69) is 4.98 Å². The SMILES string of the molecule is O=C(C(=O)N1CCC(n2c(=O)[nH]c3cccc(C(F)(F)F)c32)CC1)c1ccc(C(F)(F)F)cc1. The highest BCUT2D eigenvalue weighted by Crippen LogP contribution is 2.36. The molecule has 1 aromatic heterocycles. The number of H-pyrrole nitrogens is 1. The largest absolute Gasteiger partial charge is 0.418 e. The smallest absolute Gasteiger partial charge is 0.336 e. The van der Waals surface area contributed by atoms with Crippen LogP contribution < -0.4 is 5.69 Å². The number of aromatic amines is 1. The topological polar surface area (TPSA) is 75.2 Å². The van der Waals surface area contributed by atoms with Crippen molar-refractivity contribution < 1.29 is 35.9 Å². The van der Waals surface area contributed by atoms with Crippen LogP contribution >= 0.6 is 0 Å². The van der Waals surface area contributed by atoms with E-state index < -0.39 is 46.9 Å². The number of amides is 1. The van der Waals surface area contributed by atoms with Gasteiger partial charge in [-0.25, -0.2) is 4.79 Å². The summed E-state index contributed by atoms with van der Waals surface area (Å²) in [6, 6.07) is 6.04. The lowest BCUT2D eigenvalue weighted by atomic mass is 10.0. The van der Waals surface area contributed by atoms with Crippen LogP contribution in [0.5, 0.6) is 0 Å². The molecule has 12 heteroatoms. The number of benzene rings is 2. The van der Waals surface area contributed by atoms with Crippen LogP contribution in [0.4, 0.5) is 26.3 Å². The van der Waals surface area contributed by atoms with E-state index in [-0.39, 0.29) is 42.5 Å². The highest BCUT2D eigenvalue weighted by molar-refractivity contribution is 6.42. The Morgan fingerprint density at radius 1 is 0.882 bits per heavy atom. The van der Waals surface area contributed by atoms with Crippen LogP contribution in [0.25, 0.3) is 11.0 Å². The molecule has 0 radical (unpaired) electrons. The minimum absolute atomic E-state index is 0.0107. The van der Waals surface area contributed by atoms with Crippen molar-refractivity contribution in [3.63, 3.8) is 0 Å². The second-order valence-electron chi connectivity index (χ2n) is 7.93. The maximum atomic E-state index is 13.5. The van der Waals surface area contributed by atoms with E-state index in [0.717, 1.165) is 22.8 Å². The fraction of sp³-hybridized carbons (Fsp3) is 0.318. The Morgan fingerprint density at radius 2 is 1.50 bits per heavy atom. The number of halogens is 6. The summed E-state index contributed by atoms with van der Waals surface area (Å²) >= 11 is 0. The van der Waals surface area contributed by atoms with Gasteiger partial charge in [0.1, 0.15) is 0 Å². The second-order valence-corrected chi connectivity index (χ2v) is 7.93. The molecular formula is C22H17F6N3O3. The van der Waals surface area contributed by atoms with E-state index in [9.17, 15) is 40.7 Å². The molecule has 0 bridgehead atoms. The van der Waals surface area contributed by atoms with E-state index in [4.69, 9.17) is 0 Å². The monoisotopic (exact) mass is 485 g/mol. The molecule has 0 aliphatic carbocycles. The number of nitrogens with zero attached hydrogens (tertiary/aromatic N) is 2. The summed E-state index contributed by atoms with van der Waals surface area (Å²) in [6.45, 7) is -0.0215. The van der Waals surface area contributed by atoms with Crippen molar-refractivity contribution in [2.75, 3.05) is 13.1 Å². The summed E-state index contributed by atoms with van der Waals surface area (Å²) < 4.78 is 79.6. The molecule has 4 rings (SSSR count). The molecule has 34 heavy (non-hydrogen) atoms. The number of carbonyl (C=O) groups is 2. The average molecular weight is 485 g/mol. The summed E-state index contributed by atoms with van der Waals surface area (Å²) in [7, 11) is 0. The minimum Gasteiger partial charge on any atom is -0.336 e. The third-order valence-electron chi connectivity index (χ3n) is 5.83. The fourth-order valence-corrected chi connectivity index (χ4v) is 4.16. The number of para-hydroxylation sites is 1. The average Bonchev–Trinajstić information content (AvgIpc) is 3.12. The number of alkyl halides is 6. The van der Waals surface area contributed by atoms with Gasteiger partial charge in [0.25, 0.3) is 5.91 Å². The third-order valence-corrected chi connectivity index (χ3v) is 5.83. The first-order chi connectivity index (χ1) is 15.9. The number of rotatable bonds is 3. The van der Waals surface area contributed by atoms with Gasteiger partial charge in [-0.05, 0) is 37.1 Å². The zero-order chi connectivity index (χ0) is 24.8. The van der Waals surface area contributed by atoms with Gasteiger partial charge in [-0.3, -0.25) is 14.2 Å². The van der Waals surface area contributed by atoms with Crippen molar-refractivity contribution in [2.45, 2.75) is 31.2 Å². The number of ketones is 1. The maximum absolute atomic E-state index is 13.5. The number of piperidine rings is 1. The molecule has 0 atom stereocenters. The number of likely N-dealkylation sites (tertiary alicyclic amines) is 1. The molecule has 1 amide bonds. The van der Waals surface area contributed by atoms with E-state index in [1.54, 1.807) is 0 Å². The normalized spacial score (nSPS) is 15.6. The summed E-state index contributed by atoms with van der Waals surface area (Å²) in [5.41, 5.74) is -3.07. The van der Waals surface area contributed by atoms with Crippen molar-refractivity contribution in [3.8, 4) is 0 Å². The first-order valence-electron chi connectivity index (χ1n) is 10.2. The van der Waals surface area contributed by atoms with E-state index >= 15 is 0 Å². The van der Waals surface area contributed by atoms with Crippen molar-refractivity contribution >= 4 is 22.7 Å². The number of hydrogen-bond donors (Lipinski definition) is 1. The molecular weight excluding hydrogens is 468 g/mol. The van der Waals surface area contributed by atoms with Crippen LogP contribution in [0.15, 0.2) is 47.3 Å². The van der Waals surface area contributed by atoms with Crippen molar-refractivity contribution in [1.29, 1.82) is 0 Å². The summed E-state index contributed by atoms with van der Waals surface area (Å²) in [5.74, 6) is -1.92. The zero-order valence-electron chi connectivity index (χ0n) is 17.3. The van der Waals surface area contributed by atoms with E-state index in [1.807, 2.05) is 0 Å². The Hall–Kier alpha value is -3.57. The Labute approximate surface area is 187 Å². The first-order valence-corrected chi connectivity index (χ1v) is 10.2. The van der Waals surface area contributed by atoms with Gasteiger partial charge < -0.3 is 9.88 Å². The van der Waals surface area contributed by atoms with Crippen LogP contribution in [0.2, 0.25) is 0 Å². The van der Waals surface area contributed by atoms with Crippen molar-refractivity contribution in [2.24, 2.45) is 0 Å². The van der Waals surface area contributed by atoms with Crippen LogP contribution in [0, 0.1) is 0 Å². The summed E-state index contributed by atoms with van der Waals surface area (Å²) in [4.78, 5) is 41.1. The van der Waals surface area contributed by atoms with Crippen molar-refractivity contribution in [3.05, 3.63) is 69.6 Å². The molecule has 0 unspecified atom stereocenters. The molecule has 1 fully saturated rings. The van der Waals surface area contributed by atoms with Gasteiger partial charge in [0.2, 0.25) is 5.78 Å². The molecule has 1 saturated heterocycles. The Balaban J connectivity index is 1.51. The third kappa shape index (κ3) is 4.31. The second kappa shape index (κ2) is 8.33. The molecule has 3 aromatic rings. The number of fused-ring (bicyclic) bond motifs is 1. The molecule has 1 aliphatic heterocycles. The van der Waals surface area contributed by atoms with Crippen LogP contribution in [-0.2, 0) is 17.1 Å². The zero-order valence-corrected chi connectivity index (χ0v) is 17.3. The molecule has 2 aromatic carbocycles. The van der Waals surface area contributed by atoms with Gasteiger partial charge in [-0.15, -0.1) is 0 Å². The summed E-state index contributed by atoms with van der Waals surface area (Å²) in [5, 5.41) is 0. The fourth-order valence-electron chi connectivity index (χ4n) is 4.16. The number of carbonyl (C=O) groups excluding carboxylic acids is 2. The number of imidazole rings is 1. The van der Waals surface area contributed by atoms with Gasteiger partial charge in [0.05, 0.1) is 22.2 Å². The van der Waals surface area contributed by atoms with Crippen molar-refractivity contribution in [1.82, 2.24) is 14.5 Å². The predicted molar refractivity (Wildman–Crippen MR) is 108 cm³/mol. The highest BCUT2D eigenvalue weighted by atomic mass is 19.4. The van der Waals surface area contributed by atoms with Gasteiger partial charge in [0.15, 0.2) is 0 Å². The van der Waals surface area contributed by atoms with E-state index in [1.165, 1.54) is 17.0 Å². The quantitative estimate of drug-likeness (QED) is 0.339. The number of nitrogens with one attached hydrogen (secondary N) is 1. The lowest BCUT2D eigenvalue weighted by molar-refractivity contribution is -0.138. The molecule has 6 nitrogen and oxygen atoms in total. The van der Waals surface area contributed by atoms with Gasteiger partial charge in [-0.2, -0.15) is 26.3 Å². The number of aromatic nitrogens is 2. The van der Waals surface area contributed by atoms with Crippen LogP contribution in [0.1, 0.15) is 40.4 Å². The van der Waals surface area contributed by atoms with Gasteiger partial charge in [0, 0.05) is 24.7 Å². The Kier molecular flexibility index (Phi) is 5.78. The predicted octanol–water partition coefficient (Wildman–Crippen LogP) is 4.41. The van der Waals surface area contributed by atoms with Gasteiger partial charge in [-0.1, -0.05) is 18.2 Å². The Bertz CT molecular complexity index is 1300. The molecule has 1 aliphatic rings. The van der Waals surface area contributed by atoms with E-state index in [0.29, 0.717) is 12.1 Å². The van der Waals surface area contributed by atoms with Crippen LogP contribution in [0.3, 0.4) is 0 Å². The molecule has 0 saturated carbocycles. The molecule has 2 heterocycles. The highest BCUT2D eigenvalue weighted by Gasteiger charge is 2.37. The Morgan fingerprint density at radius 3 is 2.06 bits per heavy atom. The summed E-state index contributed by atoms with van der Waals surface area (Å²) in [6.07, 6.45) is -9.03. The lowest BCUT2D eigenvalue weighted by Gasteiger charge is -2.32. The lowest BCUT2D eigenvalue weighted by Crippen LogP contribution is -2.43. The van der Waals surface area contributed by atoms with Crippen LogP contribution in [-0.4, -0.2) is 39.2 Å².